The summed E-state index contributed by atoms with van der Waals surface area (Å²) in [5, 5.41) is 4.48. The molecule has 0 spiro atoms. The summed E-state index contributed by atoms with van der Waals surface area (Å²) in [6.45, 7) is 2.28. The third-order valence-electron chi connectivity index (χ3n) is 6.18. The van der Waals surface area contributed by atoms with Crippen molar-refractivity contribution >= 4 is 51.4 Å². The lowest BCUT2D eigenvalue weighted by molar-refractivity contribution is 0.102. The number of aliphatic imine (C=N–C) groups is 1. The summed E-state index contributed by atoms with van der Waals surface area (Å²) >= 11 is 7.64. The van der Waals surface area contributed by atoms with E-state index < -0.39 is 0 Å². The lowest BCUT2D eigenvalue weighted by Crippen LogP contribution is -2.17. The van der Waals surface area contributed by atoms with Gasteiger partial charge in [-0.05, 0) is 86.1 Å². The normalized spacial score (nSPS) is 15.8. The maximum atomic E-state index is 13.2. The summed E-state index contributed by atoms with van der Waals surface area (Å²) in [6, 6.07) is 15.8. The number of amides is 1. The number of fused-ring (bicyclic) bond motifs is 1. The van der Waals surface area contributed by atoms with Crippen molar-refractivity contribution in [1.82, 2.24) is 0 Å². The Balaban J connectivity index is 1.40. The number of nitrogens with one attached hydrogen (secondary N) is 1. The average molecular weight is 464 g/mol. The maximum Gasteiger partial charge on any atom is 0.259 e. The Labute approximate surface area is 197 Å². The van der Waals surface area contributed by atoms with Gasteiger partial charge in [0.05, 0.1) is 5.56 Å². The molecule has 0 unspecified atom stereocenters. The zero-order valence-corrected chi connectivity index (χ0v) is 19.5. The Morgan fingerprint density at radius 2 is 1.69 bits per heavy atom. The van der Waals surface area contributed by atoms with E-state index in [1.807, 2.05) is 18.3 Å². The quantitative estimate of drug-likeness (QED) is 0.419. The third-order valence-corrected chi connectivity index (χ3v) is 7.63. The molecule has 1 aliphatic heterocycles. The van der Waals surface area contributed by atoms with Crippen LogP contribution in [0.25, 0.3) is 0 Å². The van der Waals surface area contributed by atoms with Crippen LogP contribution in [-0.2, 0) is 12.8 Å². The molecule has 1 fully saturated rings. The smallest absolute Gasteiger partial charge is 0.259 e. The van der Waals surface area contributed by atoms with Crippen LogP contribution >= 0.6 is 22.9 Å². The minimum absolute atomic E-state index is 0.0942. The van der Waals surface area contributed by atoms with Gasteiger partial charge in [-0.1, -0.05) is 23.7 Å². The van der Waals surface area contributed by atoms with Gasteiger partial charge in [-0.15, -0.1) is 11.3 Å². The standard InChI is InChI=1S/C26H26ClN3OS/c27-19-9-11-20(12-10-19)29-25(31)24-22-5-1-2-6-23(22)32-26(24)28-17-18-7-13-21(14-8-18)30-15-3-4-16-30/h7-14,17H,1-6,15-16H2,(H,29,31). The summed E-state index contributed by atoms with van der Waals surface area (Å²) in [7, 11) is 0. The van der Waals surface area contributed by atoms with Crippen LogP contribution in [0.5, 0.6) is 0 Å². The van der Waals surface area contributed by atoms with Crippen LogP contribution < -0.4 is 10.2 Å². The molecule has 1 aliphatic carbocycles. The van der Waals surface area contributed by atoms with E-state index >= 15 is 0 Å². The van der Waals surface area contributed by atoms with E-state index in [0.717, 1.165) is 54.2 Å². The van der Waals surface area contributed by atoms with E-state index in [9.17, 15) is 4.79 Å². The first-order chi connectivity index (χ1) is 15.7. The SMILES string of the molecule is O=C(Nc1ccc(Cl)cc1)c1c(N=Cc2ccc(N3CCCC3)cc2)sc2c1CCCC2. The molecule has 2 aliphatic rings. The summed E-state index contributed by atoms with van der Waals surface area (Å²) in [4.78, 5) is 21.7. The summed E-state index contributed by atoms with van der Waals surface area (Å²) in [5.74, 6) is -0.0942. The molecule has 0 radical (unpaired) electrons. The fraction of sp³-hybridized carbons (Fsp3) is 0.308. The topological polar surface area (TPSA) is 44.7 Å². The van der Waals surface area contributed by atoms with Crippen LogP contribution in [0.15, 0.2) is 53.5 Å². The first-order valence-corrected chi connectivity index (χ1v) is 12.5. The fourth-order valence-corrected chi connectivity index (χ4v) is 5.84. The van der Waals surface area contributed by atoms with Gasteiger partial charge in [0.25, 0.3) is 5.91 Å². The number of carbonyl (C=O) groups excluding carboxylic acids is 1. The van der Waals surface area contributed by atoms with Gasteiger partial charge in [0, 0.05) is 40.6 Å². The van der Waals surface area contributed by atoms with Crippen LogP contribution in [0.3, 0.4) is 0 Å². The molecule has 0 saturated carbocycles. The molecule has 2 aromatic carbocycles. The number of anilines is 2. The van der Waals surface area contributed by atoms with Gasteiger partial charge in [-0.2, -0.15) is 0 Å². The van der Waals surface area contributed by atoms with Gasteiger partial charge >= 0.3 is 0 Å². The lowest BCUT2D eigenvalue weighted by Gasteiger charge is -2.17. The predicted molar refractivity (Wildman–Crippen MR) is 136 cm³/mol. The molecule has 6 heteroatoms. The molecular formula is C26H26ClN3OS. The molecule has 1 amide bonds. The van der Waals surface area contributed by atoms with Gasteiger partial charge in [0.15, 0.2) is 0 Å². The molecule has 2 heterocycles. The molecule has 0 bridgehead atoms. The molecule has 1 saturated heterocycles. The van der Waals surface area contributed by atoms with E-state index in [1.165, 1.54) is 35.4 Å². The highest BCUT2D eigenvalue weighted by molar-refractivity contribution is 7.16. The van der Waals surface area contributed by atoms with Crippen molar-refractivity contribution in [1.29, 1.82) is 0 Å². The minimum Gasteiger partial charge on any atom is -0.372 e. The fourth-order valence-electron chi connectivity index (χ4n) is 4.48. The molecule has 4 nitrogen and oxygen atoms in total. The number of thiophene rings is 1. The second-order valence-corrected chi connectivity index (χ2v) is 9.92. The molecule has 164 valence electrons. The molecule has 5 rings (SSSR count). The highest BCUT2D eigenvalue weighted by Crippen LogP contribution is 2.40. The third kappa shape index (κ3) is 4.59. The molecule has 1 aromatic heterocycles. The number of hydrogen-bond donors (Lipinski definition) is 1. The van der Waals surface area contributed by atoms with Crippen molar-refractivity contribution < 1.29 is 4.79 Å². The number of hydrogen-bond acceptors (Lipinski definition) is 4. The predicted octanol–water partition coefficient (Wildman–Crippen LogP) is 6.88. The number of benzene rings is 2. The molecule has 1 N–H and O–H groups in total. The summed E-state index contributed by atoms with van der Waals surface area (Å²) < 4.78 is 0. The van der Waals surface area contributed by atoms with E-state index in [-0.39, 0.29) is 5.91 Å². The number of aryl methyl sites for hydroxylation is 1. The summed E-state index contributed by atoms with van der Waals surface area (Å²) in [5.41, 5.74) is 4.95. The van der Waals surface area contributed by atoms with Crippen molar-refractivity contribution in [2.45, 2.75) is 38.5 Å². The Morgan fingerprint density at radius 1 is 0.969 bits per heavy atom. The largest absolute Gasteiger partial charge is 0.372 e. The highest BCUT2D eigenvalue weighted by atomic mass is 35.5. The maximum absolute atomic E-state index is 13.2. The van der Waals surface area contributed by atoms with Crippen molar-refractivity contribution in [2.24, 2.45) is 4.99 Å². The first kappa shape index (κ1) is 21.2. The van der Waals surface area contributed by atoms with Crippen molar-refractivity contribution in [2.75, 3.05) is 23.3 Å². The second-order valence-electron chi connectivity index (χ2n) is 8.40. The lowest BCUT2D eigenvalue weighted by atomic mass is 9.95. The van der Waals surface area contributed by atoms with Crippen LogP contribution in [0.2, 0.25) is 5.02 Å². The number of nitrogens with zero attached hydrogens (tertiary/aromatic N) is 2. The second kappa shape index (κ2) is 9.47. The van der Waals surface area contributed by atoms with Crippen molar-refractivity contribution in [3.8, 4) is 0 Å². The average Bonchev–Trinajstić information content (AvgIpc) is 3.47. The zero-order valence-electron chi connectivity index (χ0n) is 17.9. The van der Waals surface area contributed by atoms with E-state index in [2.05, 4.69) is 34.5 Å². The molecular weight excluding hydrogens is 438 g/mol. The highest BCUT2D eigenvalue weighted by Gasteiger charge is 2.25. The molecule has 0 atom stereocenters. The van der Waals surface area contributed by atoms with Gasteiger partial charge < -0.3 is 10.2 Å². The molecule has 32 heavy (non-hydrogen) atoms. The summed E-state index contributed by atoms with van der Waals surface area (Å²) in [6.07, 6.45) is 8.68. The first-order valence-electron chi connectivity index (χ1n) is 11.3. The van der Waals surface area contributed by atoms with Gasteiger partial charge in [0.2, 0.25) is 0 Å². The van der Waals surface area contributed by atoms with Crippen LogP contribution in [0.1, 0.15) is 52.0 Å². The van der Waals surface area contributed by atoms with E-state index in [0.29, 0.717) is 5.02 Å². The Bertz CT molecular complexity index is 1130. The van der Waals surface area contributed by atoms with Crippen LogP contribution in [0, 0.1) is 0 Å². The van der Waals surface area contributed by atoms with Crippen LogP contribution in [0.4, 0.5) is 16.4 Å². The van der Waals surface area contributed by atoms with Gasteiger partial charge in [0.1, 0.15) is 5.00 Å². The number of halogens is 1. The van der Waals surface area contributed by atoms with Crippen molar-refractivity contribution in [3.63, 3.8) is 0 Å². The Hall–Kier alpha value is -2.63. The van der Waals surface area contributed by atoms with E-state index in [4.69, 9.17) is 16.6 Å². The Morgan fingerprint density at radius 3 is 2.44 bits per heavy atom. The van der Waals surface area contributed by atoms with E-state index in [1.54, 1.807) is 23.5 Å². The van der Waals surface area contributed by atoms with Crippen LogP contribution in [-0.4, -0.2) is 25.2 Å². The zero-order chi connectivity index (χ0) is 21.9. The number of rotatable bonds is 5. The van der Waals surface area contributed by atoms with Gasteiger partial charge in [-0.25, -0.2) is 4.99 Å². The Kier molecular flexibility index (Phi) is 6.28. The molecule has 3 aromatic rings. The van der Waals surface area contributed by atoms with Gasteiger partial charge in [-0.3, -0.25) is 4.79 Å². The minimum atomic E-state index is -0.0942. The monoisotopic (exact) mass is 463 g/mol. The van der Waals surface area contributed by atoms with Crippen molar-refractivity contribution in [3.05, 3.63) is 75.1 Å². The number of carbonyl (C=O) groups is 1.